The first-order chi connectivity index (χ1) is 9.13. The van der Waals surface area contributed by atoms with Crippen LogP contribution in [0.2, 0.25) is 0 Å². The number of ether oxygens (including phenoxy) is 1. The topological polar surface area (TPSA) is 38.3 Å². The van der Waals surface area contributed by atoms with Gasteiger partial charge in [-0.05, 0) is 11.6 Å². The van der Waals surface area contributed by atoms with Gasteiger partial charge < -0.3 is 10.1 Å². The molecule has 1 N–H and O–H groups in total. The van der Waals surface area contributed by atoms with Gasteiger partial charge in [0.05, 0.1) is 5.56 Å². The van der Waals surface area contributed by atoms with Crippen LogP contribution in [-0.2, 0) is 10.9 Å². The summed E-state index contributed by atoms with van der Waals surface area (Å²) in [6.45, 7) is -1.38. The fraction of sp³-hybridized carbons (Fsp3) is 0.364. The van der Waals surface area contributed by atoms with Crippen molar-refractivity contribution < 1.29 is 35.9 Å². The number of hydrogen-bond acceptors (Lipinski definition) is 2. The highest BCUT2D eigenvalue weighted by Crippen LogP contribution is 2.42. The predicted octanol–water partition coefficient (Wildman–Crippen LogP) is 3.68. The zero-order chi connectivity index (χ0) is 15.1. The average molecular weight is 336 g/mol. The van der Waals surface area contributed by atoms with Crippen molar-refractivity contribution in [1.82, 2.24) is 5.32 Å². The number of alkyl halides is 5. The Hall–Kier alpha value is -1.64. The number of hydrogen-bond donors (Lipinski definition) is 1. The van der Waals surface area contributed by atoms with E-state index in [1.54, 1.807) is 5.32 Å². The monoisotopic (exact) mass is 335 g/mol. The van der Waals surface area contributed by atoms with Crippen LogP contribution in [0.4, 0.5) is 31.1 Å². The third-order valence-electron chi connectivity index (χ3n) is 2.72. The largest absolute Gasteiger partial charge is 0.443 e. The first-order valence-electron chi connectivity index (χ1n) is 5.29. The van der Waals surface area contributed by atoms with Gasteiger partial charge >= 0.3 is 18.2 Å². The van der Waals surface area contributed by atoms with Gasteiger partial charge in [0.15, 0.2) is 6.61 Å². The molecule has 3 nitrogen and oxygen atoms in total. The van der Waals surface area contributed by atoms with Crippen LogP contribution in [0.15, 0.2) is 18.2 Å². The van der Waals surface area contributed by atoms with Crippen molar-refractivity contribution in [2.45, 2.75) is 18.1 Å². The van der Waals surface area contributed by atoms with Crippen LogP contribution in [0.3, 0.4) is 0 Å². The van der Waals surface area contributed by atoms with Crippen LogP contribution in [-0.4, -0.2) is 18.6 Å². The Bertz CT molecular complexity index is 548. The number of benzene rings is 1. The summed E-state index contributed by atoms with van der Waals surface area (Å²) in [5, 5.41) is 1.58. The van der Waals surface area contributed by atoms with E-state index < -0.39 is 47.8 Å². The fourth-order valence-electron chi connectivity index (χ4n) is 1.90. The van der Waals surface area contributed by atoms with Crippen LogP contribution in [0.1, 0.15) is 17.2 Å². The molecular formula is C11H8ClF6NO2. The molecule has 0 aromatic heterocycles. The third kappa shape index (κ3) is 3.34. The van der Waals surface area contributed by atoms with Crippen molar-refractivity contribution >= 4 is 18.5 Å². The summed E-state index contributed by atoms with van der Waals surface area (Å²) in [5.41, 5.74) is -2.87. The van der Waals surface area contributed by atoms with E-state index in [1.807, 2.05) is 0 Å². The number of cyclic esters (lactones) is 1. The minimum absolute atomic E-state index is 0. The summed E-state index contributed by atoms with van der Waals surface area (Å²) in [6, 6.07) is -0.254. The first kappa shape index (κ1) is 17.4. The highest BCUT2D eigenvalue weighted by molar-refractivity contribution is 5.85. The van der Waals surface area contributed by atoms with Gasteiger partial charge in [-0.1, -0.05) is 12.1 Å². The second kappa shape index (κ2) is 5.63. The Morgan fingerprint density at radius 2 is 1.90 bits per heavy atom. The lowest BCUT2D eigenvalue weighted by atomic mass is 9.94. The number of carbonyl (C=O) groups excluding carboxylic acids is 1. The normalized spacial score (nSPS) is 21.0. The molecule has 1 amide bonds. The van der Waals surface area contributed by atoms with Crippen molar-refractivity contribution in [3.8, 4) is 0 Å². The summed E-state index contributed by atoms with van der Waals surface area (Å²) >= 11 is 0. The van der Waals surface area contributed by atoms with Crippen molar-refractivity contribution in [1.29, 1.82) is 0 Å². The van der Waals surface area contributed by atoms with E-state index >= 15 is 0 Å². The summed E-state index contributed by atoms with van der Waals surface area (Å²) < 4.78 is 82.9. The van der Waals surface area contributed by atoms with Crippen LogP contribution in [0, 0.1) is 5.82 Å². The Morgan fingerprint density at radius 1 is 1.29 bits per heavy atom. The molecule has 118 valence electrons. The quantitative estimate of drug-likeness (QED) is 0.795. The molecule has 10 heteroatoms. The minimum Gasteiger partial charge on any atom is -0.443 e. The highest BCUT2D eigenvalue weighted by Gasteiger charge is 2.50. The Kier molecular flexibility index (Phi) is 4.66. The van der Waals surface area contributed by atoms with E-state index in [2.05, 4.69) is 4.74 Å². The molecule has 0 bridgehead atoms. The maximum absolute atomic E-state index is 13.6. The number of alkyl carbamates (subject to hydrolysis) is 1. The van der Waals surface area contributed by atoms with Gasteiger partial charge in [0.1, 0.15) is 11.9 Å². The third-order valence-corrected chi connectivity index (χ3v) is 2.72. The van der Waals surface area contributed by atoms with Gasteiger partial charge in [-0.25, -0.2) is 18.0 Å². The van der Waals surface area contributed by atoms with Crippen LogP contribution in [0.5, 0.6) is 0 Å². The minimum atomic E-state index is -5.17. The second-order valence-corrected chi connectivity index (χ2v) is 4.12. The van der Waals surface area contributed by atoms with E-state index in [0.717, 1.165) is 6.07 Å². The summed E-state index contributed by atoms with van der Waals surface area (Å²) in [4.78, 5) is 10.9. The standard InChI is InChI=1S/C11H7F6NO2.ClH/c12-6-3-1-2-5(7(6)11(15,16)17)8-10(13,14)4-20-9(19)18-8;/h1-3,8H,4H2,(H,18,19);1H/t8-;/m0./s1. The molecule has 0 aliphatic carbocycles. The molecule has 0 saturated carbocycles. The number of nitrogens with one attached hydrogen (secondary N) is 1. The molecule has 1 saturated heterocycles. The van der Waals surface area contributed by atoms with Gasteiger partial charge in [0.2, 0.25) is 0 Å². The number of carbonyl (C=O) groups is 1. The molecule has 1 aliphatic heterocycles. The molecule has 1 fully saturated rings. The zero-order valence-electron chi connectivity index (χ0n) is 10.0. The van der Waals surface area contributed by atoms with E-state index in [4.69, 9.17) is 0 Å². The number of halogens is 7. The van der Waals surface area contributed by atoms with Crippen molar-refractivity contribution in [3.05, 3.63) is 35.1 Å². The molecule has 0 radical (unpaired) electrons. The van der Waals surface area contributed by atoms with Crippen LogP contribution in [0.25, 0.3) is 0 Å². The van der Waals surface area contributed by atoms with Crippen LogP contribution < -0.4 is 5.32 Å². The molecule has 0 spiro atoms. The van der Waals surface area contributed by atoms with E-state index in [1.165, 1.54) is 0 Å². The number of rotatable bonds is 1. The molecule has 2 rings (SSSR count). The Labute approximate surface area is 120 Å². The lowest BCUT2D eigenvalue weighted by Gasteiger charge is -2.33. The maximum atomic E-state index is 13.6. The summed E-state index contributed by atoms with van der Waals surface area (Å²) in [5.74, 6) is -5.48. The molecule has 1 heterocycles. The molecule has 21 heavy (non-hydrogen) atoms. The summed E-state index contributed by atoms with van der Waals surface area (Å²) in [6.07, 6.45) is -6.46. The fourth-order valence-corrected chi connectivity index (χ4v) is 1.90. The lowest BCUT2D eigenvalue weighted by molar-refractivity contribution is -0.144. The highest BCUT2D eigenvalue weighted by atomic mass is 35.5. The average Bonchev–Trinajstić information content (AvgIpc) is 2.30. The molecular weight excluding hydrogens is 328 g/mol. The predicted molar refractivity (Wildman–Crippen MR) is 60.8 cm³/mol. The molecule has 0 unspecified atom stereocenters. The van der Waals surface area contributed by atoms with Gasteiger partial charge in [0.25, 0.3) is 0 Å². The Balaban J connectivity index is 0.00000220. The first-order valence-corrected chi connectivity index (χ1v) is 5.29. The van der Waals surface area contributed by atoms with Crippen molar-refractivity contribution in [2.75, 3.05) is 6.61 Å². The zero-order valence-corrected chi connectivity index (χ0v) is 10.8. The van der Waals surface area contributed by atoms with Gasteiger partial charge in [-0.2, -0.15) is 13.2 Å². The molecule has 1 aromatic carbocycles. The summed E-state index contributed by atoms with van der Waals surface area (Å²) in [7, 11) is 0. The van der Waals surface area contributed by atoms with Gasteiger partial charge in [0, 0.05) is 0 Å². The second-order valence-electron chi connectivity index (χ2n) is 4.12. The van der Waals surface area contributed by atoms with Crippen LogP contribution >= 0.6 is 12.4 Å². The maximum Gasteiger partial charge on any atom is 0.419 e. The van der Waals surface area contributed by atoms with Crippen molar-refractivity contribution in [3.63, 3.8) is 0 Å². The van der Waals surface area contributed by atoms with E-state index in [9.17, 15) is 31.1 Å². The lowest BCUT2D eigenvalue weighted by Crippen LogP contribution is -2.50. The number of amides is 1. The van der Waals surface area contributed by atoms with Gasteiger partial charge in [-0.15, -0.1) is 12.4 Å². The van der Waals surface area contributed by atoms with Gasteiger partial charge in [-0.3, -0.25) is 0 Å². The Morgan fingerprint density at radius 3 is 2.48 bits per heavy atom. The van der Waals surface area contributed by atoms with Crippen molar-refractivity contribution in [2.24, 2.45) is 0 Å². The molecule has 1 atom stereocenters. The smallest absolute Gasteiger partial charge is 0.419 e. The molecule has 1 aliphatic rings. The van der Waals surface area contributed by atoms with E-state index in [0.29, 0.717) is 12.1 Å². The van der Waals surface area contributed by atoms with E-state index in [-0.39, 0.29) is 12.4 Å². The molecule has 1 aromatic rings. The SMILES string of the molecule is Cl.O=C1N[C@@H](c2cccc(F)c2C(F)(F)F)C(F)(F)CO1.